The van der Waals surface area contributed by atoms with Gasteiger partial charge < -0.3 is 4.90 Å². The molecule has 168 valence electrons. The molecule has 2 aromatic rings. The highest BCUT2D eigenvalue weighted by Crippen LogP contribution is 2.36. The molecular weight excluding hydrogens is 420 g/mol. The Labute approximate surface area is 195 Å². The van der Waals surface area contributed by atoms with E-state index in [1.807, 2.05) is 42.2 Å². The Hall–Kier alpha value is -2.59. The number of carbonyl (C=O) groups excluding carboxylic acids is 2. The number of amides is 2. The van der Waals surface area contributed by atoms with Crippen molar-refractivity contribution in [1.29, 1.82) is 0 Å². The Morgan fingerprint density at radius 3 is 2.12 bits per heavy atom. The van der Waals surface area contributed by atoms with Crippen LogP contribution in [0.15, 0.2) is 60.3 Å². The summed E-state index contributed by atoms with van der Waals surface area (Å²) >= 11 is 6.11. The monoisotopic (exact) mass is 450 g/mol. The molecule has 32 heavy (non-hydrogen) atoms. The smallest absolute Gasteiger partial charge is 0.278 e. The van der Waals surface area contributed by atoms with Gasteiger partial charge in [-0.25, -0.2) is 0 Å². The van der Waals surface area contributed by atoms with Crippen LogP contribution in [0.25, 0.3) is 5.57 Å². The number of likely N-dealkylation sites (N-methyl/N-ethyl adjacent to an activating group) is 1. The topological polar surface area (TPSA) is 40.6 Å². The van der Waals surface area contributed by atoms with Crippen molar-refractivity contribution in [2.45, 2.75) is 64.5 Å². The van der Waals surface area contributed by atoms with Crippen LogP contribution in [-0.4, -0.2) is 34.2 Å². The minimum absolute atomic E-state index is 0.0227. The highest BCUT2D eigenvalue weighted by Gasteiger charge is 2.44. The number of benzene rings is 2. The van der Waals surface area contributed by atoms with Gasteiger partial charge in [0.1, 0.15) is 5.70 Å². The third-order valence-electron chi connectivity index (χ3n) is 6.58. The van der Waals surface area contributed by atoms with Crippen LogP contribution in [0.2, 0.25) is 5.02 Å². The van der Waals surface area contributed by atoms with Crippen molar-refractivity contribution in [2.75, 3.05) is 6.54 Å². The summed E-state index contributed by atoms with van der Waals surface area (Å²) in [4.78, 5) is 31.2. The molecule has 0 bridgehead atoms. The molecule has 4 rings (SSSR count). The second kappa shape index (κ2) is 10.4. The van der Waals surface area contributed by atoms with E-state index < -0.39 is 0 Å². The van der Waals surface area contributed by atoms with E-state index >= 15 is 0 Å². The van der Waals surface area contributed by atoms with Crippen LogP contribution in [0.5, 0.6) is 0 Å². The first kappa shape index (κ1) is 22.6. The zero-order chi connectivity index (χ0) is 22.5. The Morgan fingerprint density at radius 1 is 0.875 bits per heavy atom. The Balaban J connectivity index is 1.74. The van der Waals surface area contributed by atoms with E-state index in [-0.39, 0.29) is 17.9 Å². The molecule has 0 aromatic heterocycles. The lowest BCUT2D eigenvalue weighted by Gasteiger charge is -2.30. The summed E-state index contributed by atoms with van der Waals surface area (Å²) in [5.74, 6) is -0.312. The number of carbonyl (C=O) groups is 2. The molecule has 1 fully saturated rings. The highest BCUT2D eigenvalue weighted by molar-refractivity contribution is 6.36. The summed E-state index contributed by atoms with van der Waals surface area (Å²) in [5, 5.41) is 0.612. The fraction of sp³-hybridized carbons (Fsp3) is 0.407. The molecule has 2 aromatic carbocycles. The maximum atomic E-state index is 13.8. The quantitative estimate of drug-likeness (QED) is 0.502. The van der Waals surface area contributed by atoms with Gasteiger partial charge in [-0.2, -0.15) is 0 Å². The van der Waals surface area contributed by atoms with Gasteiger partial charge in [0.15, 0.2) is 0 Å². The second-order valence-corrected chi connectivity index (χ2v) is 9.15. The third-order valence-corrected chi connectivity index (χ3v) is 6.83. The van der Waals surface area contributed by atoms with E-state index in [4.69, 9.17) is 11.6 Å². The van der Waals surface area contributed by atoms with E-state index in [0.29, 0.717) is 29.4 Å². The molecule has 0 radical (unpaired) electrons. The molecular formula is C27H31ClN2O2. The van der Waals surface area contributed by atoms with Gasteiger partial charge in [-0.3, -0.25) is 14.5 Å². The number of rotatable bonds is 6. The summed E-state index contributed by atoms with van der Waals surface area (Å²) in [6.45, 7) is 3.26. The summed E-state index contributed by atoms with van der Waals surface area (Å²) in [6, 6.07) is 17.3. The molecule has 1 heterocycles. The van der Waals surface area contributed by atoms with Crippen molar-refractivity contribution in [3.05, 3.63) is 76.4 Å². The summed E-state index contributed by atoms with van der Waals surface area (Å²) in [5.41, 5.74) is 2.89. The normalized spacial score (nSPS) is 18.1. The average Bonchev–Trinajstić information content (AvgIpc) is 3.03. The number of nitrogens with zero attached hydrogens (tertiary/aromatic N) is 2. The first-order valence-electron chi connectivity index (χ1n) is 11.8. The molecule has 4 nitrogen and oxygen atoms in total. The van der Waals surface area contributed by atoms with Gasteiger partial charge in [0, 0.05) is 24.2 Å². The molecule has 5 heteroatoms. The van der Waals surface area contributed by atoms with Gasteiger partial charge in [-0.05, 0) is 43.0 Å². The van der Waals surface area contributed by atoms with Gasteiger partial charge in [0.2, 0.25) is 0 Å². The minimum Gasteiger partial charge on any atom is -0.362 e. The molecule has 2 amide bonds. The summed E-state index contributed by atoms with van der Waals surface area (Å²) in [6.07, 6.45) is 7.50. The lowest BCUT2D eigenvalue weighted by Crippen LogP contribution is -2.42. The third kappa shape index (κ3) is 4.75. The van der Waals surface area contributed by atoms with Crippen molar-refractivity contribution >= 4 is 29.0 Å². The van der Waals surface area contributed by atoms with Crippen LogP contribution in [-0.2, 0) is 16.1 Å². The van der Waals surface area contributed by atoms with Crippen molar-refractivity contribution < 1.29 is 9.59 Å². The SMILES string of the molecule is CCN(Cc1ccccc1)C1=C(c2ccc(Cl)cc2)C(=O)N(C2CCCCCCC2)C1=O. The van der Waals surface area contributed by atoms with Gasteiger partial charge in [-0.1, -0.05) is 86.2 Å². The van der Waals surface area contributed by atoms with Crippen molar-refractivity contribution in [3.8, 4) is 0 Å². The summed E-state index contributed by atoms with van der Waals surface area (Å²) in [7, 11) is 0. The maximum Gasteiger partial charge on any atom is 0.278 e. The zero-order valence-corrected chi connectivity index (χ0v) is 19.5. The maximum absolute atomic E-state index is 13.8. The fourth-order valence-electron chi connectivity index (χ4n) is 4.88. The molecule has 0 atom stereocenters. The minimum atomic E-state index is -0.163. The molecule has 0 saturated heterocycles. The first-order chi connectivity index (χ1) is 15.6. The molecule has 0 spiro atoms. The molecule has 0 N–H and O–H groups in total. The van der Waals surface area contributed by atoms with Crippen LogP contribution in [0.4, 0.5) is 0 Å². The molecule has 1 aliphatic heterocycles. The molecule has 1 aliphatic carbocycles. The van der Waals surface area contributed by atoms with Crippen LogP contribution in [0.3, 0.4) is 0 Å². The standard InChI is InChI=1S/C27H31ClN2O2/c1-2-29(19-20-11-7-6-8-12-20)25-24(21-15-17-22(28)18-16-21)26(31)30(27(25)32)23-13-9-4-3-5-10-14-23/h6-8,11-12,15-18,23H,2-5,9-10,13-14,19H2,1H3. The Bertz CT molecular complexity index is 976. The van der Waals surface area contributed by atoms with Crippen molar-refractivity contribution in [1.82, 2.24) is 9.80 Å². The van der Waals surface area contributed by atoms with E-state index in [1.165, 1.54) is 19.3 Å². The largest absolute Gasteiger partial charge is 0.362 e. The van der Waals surface area contributed by atoms with Crippen LogP contribution < -0.4 is 0 Å². The van der Waals surface area contributed by atoms with Gasteiger partial charge >= 0.3 is 0 Å². The number of hydrogen-bond acceptors (Lipinski definition) is 3. The summed E-state index contributed by atoms with van der Waals surface area (Å²) < 4.78 is 0. The van der Waals surface area contributed by atoms with E-state index in [1.54, 1.807) is 17.0 Å². The number of imide groups is 1. The Morgan fingerprint density at radius 2 is 1.50 bits per heavy atom. The predicted octanol–water partition coefficient (Wildman–Crippen LogP) is 6.05. The number of hydrogen-bond donors (Lipinski definition) is 0. The first-order valence-corrected chi connectivity index (χ1v) is 12.1. The van der Waals surface area contributed by atoms with Crippen molar-refractivity contribution in [3.63, 3.8) is 0 Å². The van der Waals surface area contributed by atoms with Crippen LogP contribution in [0, 0.1) is 0 Å². The van der Waals surface area contributed by atoms with E-state index in [0.717, 1.165) is 36.8 Å². The highest BCUT2D eigenvalue weighted by atomic mass is 35.5. The number of halogens is 1. The van der Waals surface area contributed by atoms with E-state index in [2.05, 4.69) is 12.1 Å². The molecule has 1 saturated carbocycles. The molecule has 2 aliphatic rings. The Kier molecular flexibility index (Phi) is 7.31. The van der Waals surface area contributed by atoms with Crippen LogP contribution in [0.1, 0.15) is 63.0 Å². The molecule has 0 unspecified atom stereocenters. The predicted molar refractivity (Wildman–Crippen MR) is 129 cm³/mol. The lowest BCUT2D eigenvalue weighted by atomic mass is 9.95. The van der Waals surface area contributed by atoms with Crippen LogP contribution >= 0.6 is 11.6 Å². The van der Waals surface area contributed by atoms with Crippen molar-refractivity contribution in [2.24, 2.45) is 0 Å². The van der Waals surface area contributed by atoms with E-state index in [9.17, 15) is 9.59 Å². The van der Waals surface area contributed by atoms with Gasteiger partial charge in [0.25, 0.3) is 11.8 Å². The average molecular weight is 451 g/mol. The van der Waals surface area contributed by atoms with Gasteiger partial charge in [0.05, 0.1) is 5.57 Å². The second-order valence-electron chi connectivity index (χ2n) is 8.71. The van der Waals surface area contributed by atoms with Gasteiger partial charge in [-0.15, -0.1) is 0 Å². The zero-order valence-electron chi connectivity index (χ0n) is 18.7. The fourth-order valence-corrected chi connectivity index (χ4v) is 5.01. The lowest BCUT2D eigenvalue weighted by molar-refractivity contribution is -0.140.